The molecule has 5 nitrogen and oxygen atoms in total. The van der Waals surface area contributed by atoms with Crippen LogP contribution in [0.2, 0.25) is 0 Å². The van der Waals surface area contributed by atoms with Gasteiger partial charge in [-0.1, -0.05) is 24.3 Å². The molecule has 0 fully saturated rings. The summed E-state index contributed by atoms with van der Waals surface area (Å²) in [5, 5.41) is 2.25. The van der Waals surface area contributed by atoms with E-state index in [1.165, 1.54) is 11.3 Å². The molecule has 2 aromatic rings. The average molecular weight is 330 g/mol. The fraction of sp³-hybridized carbons (Fsp3) is 0.353. The molecule has 1 aromatic carbocycles. The second-order valence-corrected chi connectivity index (χ2v) is 6.33. The van der Waals surface area contributed by atoms with Gasteiger partial charge in [0, 0.05) is 24.0 Å². The van der Waals surface area contributed by atoms with Crippen molar-refractivity contribution in [1.29, 1.82) is 0 Å². The summed E-state index contributed by atoms with van der Waals surface area (Å²) >= 11 is 1.31. The largest absolute Gasteiger partial charge is 0.464 e. The van der Waals surface area contributed by atoms with Gasteiger partial charge in [0.05, 0.1) is 6.61 Å². The molecule has 0 bridgehead atoms. The van der Waals surface area contributed by atoms with Crippen LogP contribution in [0.15, 0.2) is 29.6 Å². The highest BCUT2D eigenvalue weighted by Crippen LogP contribution is 2.26. The number of rotatable bonds is 3. The molecule has 0 radical (unpaired) electrons. The van der Waals surface area contributed by atoms with Gasteiger partial charge in [-0.05, 0) is 25.0 Å². The fourth-order valence-electron chi connectivity index (χ4n) is 2.76. The van der Waals surface area contributed by atoms with Gasteiger partial charge in [-0.25, -0.2) is 9.78 Å². The number of fused-ring (bicyclic) bond motifs is 1. The van der Waals surface area contributed by atoms with E-state index < -0.39 is 6.04 Å². The van der Waals surface area contributed by atoms with Gasteiger partial charge in [-0.3, -0.25) is 4.79 Å². The maximum atomic E-state index is 12.8. The third-order valence-electron chi connectivity index (χ3n) is 3.87. The smallest absolute Gasteiger partial charge is 0.329 e. The molecule has 0 aliphatic carbocycles. The zero-order chi connectivity index (χ0) is 16.4. The van der Waals surface area contributed by atoms with Crippen LogP contribution in [0.1, 0.15) is 33.5 Å². The minimum Gasteiger partial charge on any atom is -0.464 e. The molecule has 0 N–H and O–H groups in total. The molecule has 3 rings (SSSR count). The van der Waals surface area contributed by atoms with Crippen LogP contribution >= 0.6 is 11.3 Å². The van der Waals surface area contributed by atoms with Crippen molar-refractivity contribution in [2.45, 2.75) is 32.9 Å². The van der Waals surface area contributed by atoms with E-state index in [1.54, 1.807) is 11.8 Å². The predicted molar refractivity (Wildman–Crippen MR) is 87.3 cm³/mol. The van der Waals surface area contributed by atoms with E-state index in [9.17, 15) is 9.59 Å². The van der Waals surface area contributed by atoms with Gasteiger partial charge in [0.1, 0.15) is 6.04 Å². The van der Waals surface area contributed by atoms with Crippen molar-refractivity contribution in [1.82, 2.24) is 9.88 Å². The van der Waals surface area contributed by atoms with Crippen molar-refractivity contribution in [2.24, 2.45) is 0 Å². The van der Waals surface area contributed by atoms with Crippen LogP contribution in [0.3, 0.4) is 0 Å². The van der Waals surface area contributed by atoms with Crippen LogP contribution in [-0.2, 0) is 22.5 Å². The number of esters is 1. The van der Waals surface area contributed by atoms with Crippen molar-refractivity contribution in [3.05, 3.63) is 51.5 Å². The molecule has 23 heavy (non-hydrogen) atoms. The van der Waals surface area contributed by atoms with Crippen molar-refractivity contribution in [2.75, 3.05) is 6.61 Å². The third kappa shape index (κ3) is 3.12. The second kappa shape index (κ2) is 6.50. The van der Waals surface area contributed by atoms with Gasteiger partial charge in [0.2, 0.25) is 0 Å². The SMILES string of the molecule is CCOC(=O)C1Cc2ccccc2CN1C(=O)c1nc(C)cs1. The van der Waals surface area contributed by atoms with E-state index in [4.69, 9.17) is 4.74 Å². The van der Waals surface area contributed by atoms with Gasteiger partial charge in [-0.15, -0.1) is 11.3 Å². The normalized spacial score (nSPS) is 16.8. The number of ether oxygens (including phenoxy) is 1. The molecule has 1 unspecified atom stereocenters. The molecule has 1 aliphatic rings. The molecule has 1 aromatic heterocycles. The Morgan fingerprint density at radius 2 is 2.09 bits per heavy atom. The Bertz CT molecular complexity index is 741. The first-order valence-corrected chi connectivity index (χ1v) is 8.44. The summed E-state index contributed by atoms with van der Waals surface area (Å²) in [6, 6.07) is 7.28. The molecule has 120 valence electrons. The van der Waals surface area contributed by atoms with Crippen LogP contribution in [0.25, 0.3) is 0 Å². The summed E-state index contributed by atoms with van der Waals surface area (Å²) in [7, 11) is 0. The molecule has 1 atom stereocenters. The zero-order valence-corrected chi connectivity index (χ0v) is 13.9. The molecule has 1 amide bonds. The maximum absolute atomic E-state index is 12.8. The van der Waals surface area contributed by atoms with Gasteiger partial charge in [-0.2, -0.15) is 0 Å². The maximum Gasteiger partial charge on any atom is 0.329 e. The molecular weight excluding hydrogens is 312 g/mol. The van der Waals surface area contributed by atoms with Crippen LogP contribution < -0.4 is 0 Å². The van der Waals surface area contributed by atoms with E-state index in [2.05, 4.69) is 4.98 Å². The number of carbonyl (C=O) groups is 2. The Hall–Kier alpha value is -2.21. The Kier molecular flexibility index (Phi) is 4.43. The predicted octanol–water partition coefficient (Wildman–Crippen LogP) is 2.58. The Labute approximate surface area is 138 Å². The van der Waals surface area contributed by atoms with E-state index >= 15 is 0 Å². The number of amides is 1. The average Bonchev–Trinajstić information content (AvgIpc) is 2.99. The summed E-state index contributed by atoms with van der Waals surface area (Å²) in [4.78, 5) is 31.0. The number of hydrogen-bond donors (Lipinski definition) is 0. The monoisotopic (exact) mass is 330 g/mol. The van der Waals surface area contributed by atoms with E-state index in [0.29, 0.717) is 24.6 Å². The van der Waals surface area contributed by atoms with Gasteiger partial charge < -0.3 is 9.64 Å². The number of aryl methyl sites for hydroxylation is 1. The van der Waals surface area contributed by atoms with Gasteiger partial charge >= 0.3 is 5.97 Å². The van der Waals surface area contributed by atoms with Crippen molar-refractivity contribution in [3.8, 4) is 0 Å². The standard InChI is InChI=1S/C17H18N2O3S/c1-3-22-17(21)14-8-12-6-4-5-7-13(12)9-19(14)16(20)15-18-11(2)10-23-15/h4-7,10,14H,3,8-9H2,1-2H3. The Balaban J connectivity index is 1.94. The fourth-order valence-corrected chi connectivity index (χ4v) is 3.51. The Morgan fingerprint density at radius 3 is 2.74 bits per heavy atom. The zero-order valence-electron chi connectivity index (χ0n) is 13.1. The highest BCUT2D eigenvalue weighted by atomic mass is 32.1. The van der Waals surface area contributed by atoms with Gasteiger partial charge in [0.25, 0.3) is 5.91 Å². The van der Waals surface area contributed by atoms with Gasteiger partial charge in [0.15, 0.2) is 5.01 Å². The molecule has 1 aliphatic heterocycles. The number of thiazole rings is 1. The lowest BCUT2D eigenvalue weighted by Crippen LogP contribution is -2.49. The lowest BCUT2D eigenvalue weighted by molar-refractivity contribution is -0.149. The molecule has 6 heteroatoms. The number of nitrogens with zero attached hydrogens (tertiary/aromatic N) is 2. The number of carbonyl (C=O) groups excluding carboxylic acids is 2. The highest BCUT2D eigenvalue weighted by Gasteiger charge is 2.36. The minimum absolute atomic E-state index is 0.212. The molecule has 0 saturated carbocycles. The van der Waals surface area contributed by atoms with Crippen molar-refractivity contribution < 1.29 is 14.3 Å². The van der Waals surface area contributed by atoms with E-state index in [0.717, 1.165) is 16.8 Å². The second-order valence-electron chi connectivity index (χ2n) is 5.47. The van der Waals surface area contributed by atoms with Crippen molar-refractivity contribution >= 4 is 23.2 Å². The Morgan fingerprint density at radius 1 is 1.35 bits per heavy atom. The van der Waals surface area contributed by atoms with Crippen LogP contribution in [-0.4, -0.2) is 34.4 Å². The first-order chi connectivity index (χ1) is 11.1. The van der Waals surface area contributed by atoms with Crippen LogP contribution in [0, 0.1) is 6.92 Å². The molecular formula is C17H18N2O3S. The quantitative estimate of drug-likeness (QED) is 0.812. The highest BCUT2D eigenvalue weighted by molar-refractivity contribution is 7.11. The third-order valence-corrected chi connectivity index (χ3v) is 4.82. The minimum atomic E-state index is -0.596. The summed E-state index contributed by atoms with van der Waals surface area (Å²) in [5.74, 6) is -0.570. The lowest BCUT2D eigenvalue weighted by atomic mass is 9.94. The van der Waals surface area contributed by atoms with Crippen LogP contribution in [0.4, 0.5) is 0 Å². The number of aromatic nitrogens is 1. The number of benzene rings is 1. The lowest BCUT2D eigenvalue weighted by Gasteiger charge is -2.34. The first-order valence-electron chi connectivity index (χ1n) is 7.56. The van der Waals surface area contributed by atoms with E-state index in [-0.39, 0.29) is 11.9 Å². The van der Waals surface area contributed by atoms with E-state index in [1.807, 2.05) is 36.6 Å². The summed E-state index contributed by atoms with van der Waals surface area (Å²) < 4.78 is 5.17. The number of hydrogen-bond acceptors (Lipinski definition) is 5. The molecule has 2 heterocycles. The summed E-state index contributed by atoms with van der Waals surface area (Å²) in [6.45, 7) is 4.32. The summed E-state index contributed by atoms with van der Waals surface area (Å²) in [5.41, 5.74) is 2.96. The van der Waals surface area contributed by atoms with Crippen LogP contribution in [0.5, 0.6) is 0 Å². The topological polar surface area (TPSA) is 59.5 Å². The van der Waals surface area contributed by atoms with Crippen molar-refractivity contribution in [3.63, 3.8) is 0 Å². The first kappa shape index (κ1) is 15.7. The molecule has 0 spiro atoms. The molecule has 0 saturated heterocycles. The summed E-state index contributed by atoms with van der Waals surface area (Å²) in [6.07, 6.45) is 0.477.